The Morgan fingerprint density at radius 2 is 2.24 bits per heavy atom. The van der Waals surface area contributed by atoms with E-state index in [-0.39, 0.29) is 16.0 Å². The number of benzene rings is 1. The molecule has 0 aliphatic rings. The van der Waals surface area contributed by atoms with E-state index in [4.69, 9.17) is 4.74 Å². The van der Waals surface area contributed by atoms with Crippen LogP contribution >= 0.6 is 33.9 Å². The molecule has 1 heterocycles. The number of nitrogens with one attached hydrogen (secondary N) is 1. The molecule has 25 heavy (non-hydrogen) atoms. The molecule has 0 spiro atoms. The van der Waals surface area contributed by atoms with Crippen LogP contribution < -0.4 is 5.43 Å². The first-order chi connectivity index (χ1) is 11.8. The average Bonchev–Trinajstić information content (AvgIpc) is 2.95. The largest absolute Gasteiger partial charge is 0.466 e. The number of hydrogen-bond acceptors (Lipinski definition) is 6. The molecule has 1 N–H and O–H groups in total. The van der Waals surface area contributed by atoms with E-state index in [0.29, 0.717) is 23.0 Å². The summed E-state index contributed by atoms with van der Waals surface area (Å²) in [6.07, 6.45) is -3.06. The van der Waals surface area contributed by atoms with Crippen molar-refractivity contribution >= 4 is 51.2 Å². The summed E-state index contributed by atoms with van der Waals surface area (Å²) in [7, 11) is 0. The Bertz CT molecular complexity index is 778. The fourth-order valence-electron chi connectivity index (χ4n) is 1.82. The van der Waals surface area contributed by atoms with Gasteiger partial charge in [0.25, 0.3) is 0 Å². The number of thiazole rings is 1. The van der Waals surface area contributed by atoms with Gasteiger partial charge in [-0.25, -0.2) is 4.98 Å². The van der Waals surface area contributed by atoms with Gasteiger partial charge < -0.3 is 4.74 Å². The van der Waals surface area contributed by atoms with Gasteiger partial charge in [0.2, 0.25) is 5.13 Å². The number of carbonyl (C=O) groups is 1. The van der Waals surface area contributed by atoms with Crippen LogP contribution in [-0.4, -0.2) is 23.8 Å². The summed E-state index contributed by atoms with van der Waals surface area (Å²) in [5.41, 5.74) is 2.81. The molecule has 0 saturated carbocycles. The SMILES string of the molecule is CCOC(=O)Cc1csc(NN=Cc2cccc(C(F)(F)F)c2I)n1. The van der Waals surface area contributed by atoms with Crippen LogP contribution in [0.25, 0.3) is 0 Å². The molecule has 0 bridgehead atoms. The lowest BCUT2D eigenvalue weighted by molar-refractivity contribution is -0.142. The molecule has 0 fully saturated rings. The first kappa shape index (κ1) is 19.6. The van der Waals surface area contributed by atoms with Crippen LogP contribution in [0, 0.1) is 3.57 Å². The Labute approximate surface area is 159 Å². The van der Waals surface area contributed by atoms with Crippen LogP contribution in [0.3, 0.4) is 0 Å². The van der Waals surface area contributed by atoms with E-state index in [9.17, 15) is 18.0 Å². The number of rotatable bonds is 6. The smallest absolute Gasteiger partial charge is 0.417 e. The van der Waals surface area contributed by atoms with Gasteiger partial charge in [-0.05, 0) is 35.6 Å². The fraction of sp³-hybridized carbons (Fsp3) is 0.267. The predicted octanol–water partition coefficient (Wildman–Crippen LogP) is 4.32. The molecule has 0 aliphatic carbocycles. The Kier molecular flexibility index (Phi) is 6.76. The van der Waals surface area contributed by atoms with Gasteiger partial charge in [0.15, 0.2) is 0 Å². The monoisotopic (exact) mass is 483 g/mol. The molecule has 0 atom stereocenters. The van der Waals surface area contributed by atoms with Crippen molar-refractivity contribution < 1.29 is 22.7 Å². The highest BCUT2D eigenvalue weighted by molar-refractivity contribution is 14.1. The van der Waals surface area contributed by atoms with Gasteiger partial charge in [0.1, 0.15) is 0 Å². The Morgan fingerprint density at radius 1 is 1.48 bits per heavy atom. The molecule has 5 nitrogen and oxygen atoms in total. The second kappa shape index (κ2) is 8.61. The summed E-state index contributed by atoms with van der Waals surface area (Å²) in [6.45, 7) is 2.02. The highest BCUT2D eigenvalue weighted by Crippen LogP contribution is 2.33. The van der Waals surface area contributed by atoms with Crippen LogP contribution in [0.2, 0.25) is 0 Å². The minimum atomic E-state index is -4.41. The van der Waals surface area contributed by atoms with Gasteiger partial charge >= 0.3 is 12.1 Å². The van der Waals surface area contributed by atoms with E-state index in [2.05, 4.69) is 15.5 Å². The molecule has 2 rings (SSSR count). The van der Waals surface area contributed by atoms with Gasteiger partial charge in [0, 0.05) is 14.5 Å². The number of hydrogen-bond donors (Lipinski definition) is 1. The number of carbonyl (C=O) groups excluding carboxylic acids is 1. The van der Waals surface area contributed by atoms with Crippen molar-refractivity contribution in [3.05, 3.63) is 44.0 Å². The maximum absolute atomic E-state index is 12.9. The summed E-state index contributed by atoms with van der Waals surface area (Å²) >= 11 is 2.87. The zero-order valence-electron chi connectivity index (χ0n) is 12.9. The number of esters is 1. The number of hydrazone groups is 1. The molecule has 0 amide bonds. The number of nitrogens with zero attached hydrogens (tertiary/aromatic N) is 2. The first-order valence-corrected chi connectivity index (χ1v) is 9.02. The van der Waals surface area contributed by atoms with Crippen molar-refractivity contribution in [1.29, 1.82) is 0 Å². The number of halogens is 4. The Hall–Kier alpha value is -1.69. The molecule has 1 aromatic heterocycles. The molecule has 10 heteroatoms. The number of aromatic nitrogens is 1. The van der Waals surface area contributed by atoms with Gasteiger partial charge in [-0.1, -0.05) is 12.1 Å². The van der Waals surface area contributed by atoms with Crippen molar-refractivity contribution in [2.75, 3.05) is 12.0 Å². The molecule has 134 valence electrons. The second-order valence-corrected chi connectivity index (χ2v) is 6.64. The molecule has 1 aromatic carbocycles. The van der Waals surface area contributed by atoms with Gasteiger partial charge in [-0.2, -0.15) is 18.3 Å². The normalized spacial score (nSPS) is 11.7. The summed E-state index contributed by atoms with van der Waals surface area (Å²) in [5.74, 6) is -0.374. The van der Waals surface area contributed by atoms with Crippen molar-refractivity contribution in [1.82, 2.24) is 4.98 Å². The molecular weight excluding hydrogens is 470 g/mol. The van der Waals surface area contributed by atoms with Crippen LogP contribution in [-0.2, 0) is 22.1 Å². The molecule has 0 saturated heterocycles. The van der Waals surface area contributed by atoms with Gasteiger partial charge in [-0.3, -0.25) is 10.2 Å². The molecule has 0 radical (unpaired) electrons. The van der Waals surface area contributed by atoms with Crippen molar-refractivity contribution in [3.63, 3.8) is 0 Å². The quantitative estimate of drug-likeness (QED) is 0.288. The maximum Gasteiger partial charge on any atom is 0.417 e. The number of alkyl halides is 3. The zero-order chi connectivity index (χ0) is 18.4. The third kappa shape index (κ3) is 5.66. The van der Waals surface area contributed by atoms with Crippen molar-refractivity contribution in [2.45, 2.75) is 19.5 Å². The summed E-state index contributed by atoms with van der Waals surface area (Å²) in [5, 5.41) is 6.02. The molecule has 0 aliphatic heterocycles. The molecular formula is C15H13F3IN3O2S. The van der Waals surface area contributed by atoms with Crippen LogP contribution in [0.4, 0.5) is 18.3 Å². The molecule has 0 unspecified atom stereocenters. The van der Waals surface area contributed by atoms with E-state index in [1.165, 1.54) is 29.7 Å². The van der Waals surface area contributed by atoms with Crippen molar-refractivity contribution in [2.24, 2.45) is 5.10 Å². The van der Waals surface area contributed by atoms with Gasteiger partial charge in [0.05, 0.1) is 30.5 Å². The summed E-state index contributed by atoms with van der Waals surface area (Å²) in [4.78, 5) is 15.5. The minimum absolute atomic E-state index is 0.0568. The van der Waals surface area contributed by atoms with E-state index in [1.54, 1.807) is 34.9 Å². The van der Waals surface area contributed by atoms with Gasteiger partial charge in [-0.15, -0.1) is 11.3 Å². The van der Waals surface area contributed by atoms with Crippen LogP contribution in [0.1, 0.15) is 23.7 Å². The maximum atomic E-state index is 12.9. The zero-order valence-corrected chi connectivity index (χ0v) is 15.9. The third-order valence-corrected chi connectivity index (χ3v) is 4.88. The average molecular weight is 483 g/mol. The third-order valence-electron chi connectivity index (χ3n) is 2.88. The van der Waals surface area contributed by atoms with E-state index in [1.807, 2.05) is 0 Å². The molecule has 2 aromatic rings. The Balaban J connectivity index is 2.02. The lowest BCUT2D eigenvalue weighted by Gasteiger charge is -2.10. The topological polar surface area (TPSA) is 63.6 Å². The van der Waals surface area contributed by atoms with Crippen LogP contribution in [0.15, 0.2) is 28.7 Å². The van der Waals surface area contributed by atoms with E-state index in [0.717, 1.165) is 6.07 Å². The Morgan fingerprint density at radius 3 is 2.92 bits per heavy atom. The fourth-order valence-corrected chi connectivity index (χ4v) is 3.29. The summed E-state index contributed by atoms with van der Waals surface area (Å²) in [6, 6.07) is 3.89. The minimum Gasteiger partial charge on any atom is -0.466 e. The van der Waals surface area contributed by atoms with E-state index >= 15 is 0 Å². The first-order valence-electron chi connectivity index (χ1n) is 7.06. The number of anilines is 1. The van der Waals surface area contributed by atoms with Crippen LogP contribution in [0.5, 0.6) is 0 Å². The lowest BCUT2D eigenvalue weighted by Crippen LogP contribution is -2.09. The predicted molar refractivity (Wildman–Crippen MR) is 97.8 cm³/mol. The highest BCUT2D eigenvalue weighted by atomic mass is 127. The number of ether oxygens (including phenoxy) is 1. The lowest BCUT2D eigenvalue weighted by atomic mass is 10.1. The van der Waals surface area contributed by atoms with Crippen molar-refractivity contribution in [3.8, 4) is 0 Å². The summed E-state index contributed by atoms with van der Waals surface area (Å²) < 4.78 is 43.5. The standard InChI is InChI=1S/C15H13F3IN3O2S/c1-2-24-12(23)6-10-8-25-14(21-10)22-20-7-9-4-3-5-11(13(9)19)15(16,17)18/h3-5,7-8H,2,6H2,1H3,(H,21,22). The van der Waals surface area contributed by atoms with E-state index < -0.39 is 11.7 Å². The highest BCUT2D eigenvalue weighted by Gasteiger charge is 2.33. The second-order valence-electron chi connectivity index (χ2n) is 4.70.